The van der Waals surface area contributed by atoms with Crippen molar-refractivity contribution in [3.05, 3.63) is 83.9 Å². The molecule has 0 saturated carbocycles. The summed E-state index contributed by atoms with van der Waals surface area (Å²) in [6.07, 6.45) is 4.79. The molecule has 2 aromatic carbocycles. The quantitative estimate of drug-likeness (QED) is 0.0776. The number of carboxylic acids is 1. The Morgan fingerprint density at radius 1 is 0.845 bits per heavy atom. The molecule has 2 heterocycles. The van der Waals surface area contributed by atoms with Gasteiger partial charge < -0.3 is 47.1 Å². The van der Waals surface area contributed by atoms with E-state index in [1.54, 1.807) is 49.4 Å². The number of nitrogens with one attached hydrogen (secondary N) is 5. The molecule has 0 aliphatic carbocycles. The van der Waals surface area contributed by atoms with Crippen LogP contribution in [0.25, 0.3) is 0 Å². The molecule has 1 aliphatic rings. The summed E-state index contributed by atoms with van der Waals surface area (Å²) in [5, 5.41) is 30.9. The molecule has 3 aromatic rings. The third-order valence-corrected chi connectivity index (χ3v) is 10.5. The van der Waals surface area contributed by atoms with Crippen LogP contribution in [0.5, 0.6) is 5.75 Å². The van der Waals surface area contributed by atoms with Crippen molar-refractivity contribution < 1.29 is 39.0 Å². The third kappa shape index (κ3) is 12.9. The molecule has 1 saturated heterocycles. The summed E-state index contributed by atoms with van der Waals surface area (Å²) in [6, 6.07) is 9.47. The number of aliphatic carboxylic acids is 1. The standard InChI is InChI=1S/C42H58N8O8/c1-5-26(4)36(49-38(53)32(19-28-13-15-31(51)16-14-28)46-37(52)29(22-43)18-25(2)3)40(55)47-33(21-30-23-44-24-45-30)41(56)50-17-9-12-35(50)39(54)48-34(42(57)58)20-27-10-7-6-8-11-27/h6-8,10-11,13-16,23-26,29,32-36,51H,5,9,12,17-22,43H2,1-4H3,(H,44,45)(H,46,52)(H,47,55)(H,48,54)(H,49,53)(H,57,58). The number of phenols is 1. The number of rotatable bonds is 21. The Labute approximate surface area is 339 Å². The molecule has 0 radical (unpaired) electrons. The molecule has 9 N–H and O–H groups in total. The van der Waals surface area contributed by atoms with Gasteiger partial charge in [0, 0.05) is 44.2 Å². The highest BCUT2D eigenvalue weighted by Gasteiger charge is 2.40. The number of H-pyrrole nitrogens is 1. The van der Waals surface area contributed by atoms with E-state index < -0.39 is 77.6 Å². The minimum Gasteiger partial charge on any atom is -0.508 e. The largest absolute Gasteiger partial charge is 0.508 e. The molecule has 1 aromatic heterocycles. The maximum atomic E-state index is 14.4. The van der Waals surface area contributed by atoms with Crippen molar-refractivity contribution >= 4 is 35.5 Å². The van der Waals surface area contributed by atoms with Gasteiger partial charge in [0.15, 0.2) is 0 Å². The van der Waals surface area contributed by atoms with Gasteiger partial charge in [0.05, 0.1) is 12.2 Å². The van der Waals surface area contributed by atoms with Gasteiger partial charge in [-0.15, -0.1) is 0 Å². The molecule has 7 unspecified atom stereocenters. The zero-order chi connectivity index (χ0) is 42.4. The van der Waals surface area contributed by atoms with Gasteiger partial charge in [-0.05, 0) is 54.4 Å². The van der Waals surface area contributed by atoms with Gasteiger partial charge >= 0.3 is 5.97 Å². The summed E-state index contributed by atoms with van der Waals surface area (Å²) < 4.78 is 0. The highest BCUT2D eigenvalue weighted by atomic mass is 16.4. The molecular weight excluding hydrogens is 745 g/mol. The smallest absolute Gasteiger partial charge is 0.326 e. The van der Waals surface area contributed by atoms with Crippen molar-refractivity contribution in [2.24, 2.45) is 23.5 Å². The summed E-state index contributed by atoms with van der Waals surface area (Å²) in [5.41, 5.74) is 7.85. The minimum atomic E-state index is -1.23. The highest BCUT2D eigenvalue weighted by molar-refractivity contribution is 5.96. The highest BCUT2D eigenvalue weighted by Crippen LogP contribution is 2.21. The van der Waals surface area contributed by atoms with Crippen molar-refractivity contribution in [2.45, 2.75) is 103 Å². The van der Waals surface area contributed by atoms with Crippen LogP contribution in [0.1, 0.15) is 70.2 Å². The van der Waals surface area contributed by atoms with E-state index >= 15 is 0 Å². The SMILES string of the molecule is CCC(C)C(NC(=O)C(Cc1ccc(O)cc1)NC(=O)C(CN)CC(C)C)C(=O)NC(Cc1cnc[nH]1)C(=O)N1CCCC1C(=O)NC(Cc1ccccc1)C(=O)O. The van der Waals surface area contributed by atoms with E-state index in [1.165, 1.54) is 29.6 Å². The Balaban J connectivity index is 1.55. The van der Waals surface area contributed by atoms with E-state index in [1.807, 2.05) is 20.8 Å². The first-order chi connectivity index (χ1) is 27.7. The van der Waals surface area contributed by atoms with Gasteiger partial charge in [-0.2, -0.15) is 0 Å². The number of aromatic amines is 1. The topological polar surface area (TPSA) is 249 Å². The number of amides is 5. The average molecular weight is 803 g/mol. The summed E-state index contributed by atoms with van der Waals surface area (Å²) in [6.45, 7) is 7.86. The fourth-order valence-electron chi connectivity index (χ4n) is 7.10. The number of imidazole rings is 1. The number of carboxylic acid groups (broad SMARTS) is 1. The zero-order valence-electron chi connectivity index (χ0n) is 33.6. The number of carbonyl (C=O) groups is 6. The lowest BCUT2D eigenvalue weighted by Crippen LogP contribution is -2.60. The van der Waals surface area contributed by atoms with Gasteiger partial charge in [-0.3, -0.25) is 24.0 Å². The lowest BCUT2D eigenvalue weighted by Gasteiger charge is -2.31. The molecule has 0 bridgehead atoms. The number of aromatic nitrogens is 2. The van der Waals surface area contributed by atoms with Crippen LogP contribution in [0, 0.1) is 17.8 Å². The van der Waals surface area contributed by atoms with Crippen LogP contribution in [0.3, 0.4) is 0 Å². The van der Waals surface area contributed by atoms with Gasteiger partial charge in [0.1, 0.15) is 36.0 Å². The van der Waals surface area contributed by atoms with Crippen molar-refractivity contribution in [3.63, 3.8) is 0 Å². The second-order valence-electron chi connectivity index (χ2n) is 15.5. The third-order valence-electron chi connectivity index (χ3n) is 10.5. The Bertz CT molecular complexity index is 1820. The molecule has 0 spiro atoms. The number of aromatic hydroxyl groups is 1. The number of nitrogens with two attached hydrogens (primary N) is 1. The van der Waals surface area contributed by atoms with Gasteiger partial charge in [0.25, 0.3) is 0 Å². The summed E-state index contributed by atoms with van der Waals surface area (Å²) in [5.74, 6) is -4.81. The molecule has 1 fully saturated rings. The molecular formula is C42H58N8O8. The minimum absolute atomic E-state index is 0.0157. The van der Waals surface area contributed by atoms with Gasteiger partial charge in [-0.1, -0.05) is 76.6 Å². The van der Waals surface area contributed by atoms with E-state index in [-0.39, 0.29) is 44.0 Å². The van der Waals surface area contributed by atoms with Crippen LogP contribution in [0.4, 0.5) is 0 Å². The second kappa shape index (κ2) is 21.7. The first-order valence-corrected chi connectivity index (χ1v) is 19.9. The Hall–Kier alpha value is -5.77. The summed E-state index contributed by atoms with van der Waals surface area (Å²) >= 11 is 0. The van der Waals surface area contributed by atoms with E-state index in [0.717, 1.165) is 5.56 Å². The molecule has 58 heavy (non-hydrogen) atoms. The van der Waals surface area contributed by atoms with Crippen molar-refractivity contribution in [3.8, 4) is 5.75 Å². The molecule has 4 rings (SSSR count). The zero-order valence-corrected chi connectivity index (χ0v) is 33.6. The number of nitrogens with zero attached hydrogens (tertiary/aromatic N) is 2. The molecule has 314 valence electrons. The monoisotopic (exact) mass is 802 g/mol. The Morgan fingerprint density at radius 2 is 1.50 bits per heavy atom. The molecule has 7 atom stereocenters. The maximum Gasteiger partial charge on any atom is 0.326 e. The van der Waals surface area contributed by atoms with Crippen LogP contribution >= 0.6 is 0 Å². The number of benzene rings is 2. The number of carbonyl (C=O) groups excluding carboxylic acids is 5. The maximum absolute atomic E-state index is 14.4. The number of phenolic OH excluding ortho intramolecular Hbond substituents is 1. The Kier molecular flexibility index (Phi) is 16.8. The first-order valence-electron chi connectivity index (χ1n) is 19.9. The predicted molar refractivity (Wildman–Crippen MR) is 216 cm³/mol. The summed E-state index contributed by atoms with van der Waals surface area (Å²) in [7, 11) is 0. The fourth-order valence-corrected chi connectivity index (χ4v) is 7.10. The first kappa shape index (κ1) is 44.9. The van der Waals surface area contributed by atoms with E-state index in [0.29, 0.717) is 36.9 Å². The average Bonchev–Trinajstić information content (AvgIpc) is 3.92. The van der Waals surface area contributed by atoms with Crippen LogP contribution < -0.4 is 27.0 Å². The van der Waals surface area contributed by atoms with Gasteiger partial charge in [-0.25, -0.2) is 9.78 Å². The van der Waals surface area contributed by atoms with Crippen LogP contribution in [-0.2, 0) is 48.0 Å². The van der Waals surface area contributed by atoms with Crippen molar-refractivity contribution in [1.82, 2.24) is 36.1 Å². The number of hydrogen-bond acceptors (Lipinski definition) is 9. The summed E-state index contributed by atoms with van der Waals surface area (Å²) in [4.78, 5) is 90.3. The van der Waals surface area contributed by atoms with Crippen molar-refractivity contribution in [2.75, 3.05) is 13.1 Å². The van der Waals surface area contributed by atoms with E-state index in [2.05, 4.69) is 31.2 Å². The Morgan fingerprint density at radius 3 is 2.10 bits per heavy atom. The van der Waals surface area contributed by atoms with E-state index in [9.17, 15) is 39.0 Å². The van der Waals surface area contributed by atoms with Crippen LogP contribution in [-0.4, -0.2) is 104 Å². The van der Waals surface area contributed by atoms with Crippen LogP contribution in [0.2, 0.25) is 0 Å². The van der Waals surface area contributed by atoms with Gasteiger partial charge in [0.2, 0.25) is 29.5 Å². The number of hydrogen-bond donors (Lipinski definition) is 8. The lowest BCUT2D eigenvalue weighted by atomic mass is 9.94. The predicted octanol–water partition coefficient (Wildman–Crippen LogP) is 1.83. The van der Waals surface area contributed by atoms with E-state index in [4.69, 9.17) is 5.73 Å². The molecule has 5 amide bonds. The number of likely N-dealkylation sites (tertiary alicyclic amines) is 1. The molecule has 16 nitrogen and oxygen atoms in total. The second-order valence-corrected chi connectivity index (χ2v) is 15.5. The van der Waals surface area contributed by atoms with Crippen LogP contribution in [0.15, 0.2) is 67.1 Å². The normalized spacial score (nSPS) is 17.0. The molecule has 16 heteroatoms. The van der Waals surface area contributed by atoms with Crippen molar-refractivity contribution in [1.29, 1.82) is 0 Å². The molecule has 1 aliphatic heterocycles. The fraction of sp³-hybridized carbons (Fsp3) is 0.500. The lowest BCUT2D eigenvalue weighted by molar-refractivity contribution is -0.145.